The van der Waals surface area contributed by atoms with Gasteiger partial charge in [-0.3, -0.25) is 0 Å². The Morgan fingerprint density at radius 1 is 1.15 bits per heavy atom. The number of alkyl halides is 2. The second-order valence-electron chi connectivity index (χ2n) is 6.52. The van der Waals surface area contributed by atoms with Gasteiger partial charge < -0.3 is 19.9 Å². The highest BCUT2D eigenvalue weighted by Gasteiger charge is 2.18. The number of urea groups is 1. The molecule has 2 aromatic carbocycles. The van der Waals surface area contributed by atoms with Gasteiger partial charge in [0.05, 0.1) is 11.4 Å². The monoisotopic (exact) mass is 375 g/mol. The van der Waals surface area contributed by atoms with Crippen LogP contribution < -0.4 is 15.0 Å². The Labute approximate surface area is 157 Å². The normalized spacial score (nSPS) is 13.7. The van der Waals surface area contributed by atoms with E-state index in [0.717, 1.165) is 42.9 Å². The number of nitrogens with zero attached hydrogens (tertiary/aromatic N) is 2. The highest BCUT2D eigenvalue weighted by Crippen LogP contribution is 2.28. The molecule has 1 saturated heterocycles. The van der Waals surface area contributed by atoms with Gasteiger partial charge in [0, 0.05) is 26.7 Å². The fourth-order valence-corrected chi connectivity index (χ4v) is 3.15. The summed E-state index contributed by atoms with van der Waals surface area (Å²) in [6.45, 7) is -0.502. The number of amides is 2. The van der Waals surface area contributed by atoms with Gasteiger partial charge in [0.15, 0.2) is 0 Å². The minimum Gasteiger partial charge on any atom is -0.435 e. The van der Waals surface area contributed by atoms with E-state index in [1.165, 1.54) is 12.1 Å². The molecule has 0 radical (unpaired) electrons. The van der Waals surface area contributed by atoms with E-state index in [9.17, 15) is 13.6 Å². The summed E-state index contributed by atoms with van der Waals surface area (Å²) >= 11 is 0. The first-order valence-corrected chi connectivity index (χ1v) is 8.93. The SMILES string of the molecule is CN(Cc1ccc(OC(F)F)cc1)C(=O)Nc1ccccc1N1CCCC1. The third-order valence-corrected chi connectivity index (χ3v) is 4.51. The van der Waals surface area contributed by atoms with Crippen LogP contribution in [0.15, 0.2) is 48.5 Å². The number of hydrogen-bond donors (Lipinski definition) is 1. The molecule has 0 saturated carbocycles. The molecule has 0 aromatic heterocycles. The molecule has 27 heavy (non-hydrogen) atoms. The van der Waals surface area contributed by atoms with Gasteiger partial charge in [-0.1, -0.05) is 24.3 Å². The molecule has 1 heterocycles. The fraction of sp³-hybridized carbons (Fsp3) is 0.350. The number of carbonyl (C=O) groups is 1. The van der Waals surface area contributed by atoms with Crippen LogP contribution >= 0.6 is 0 Å². The molecular weight excluding hydrogens is 352 g/mol. The maximum atomic E-state index is 12.6. The van der Waals surface area contributed by atoms with Gasteiger partial charge in [-0.15, -0.1) is 0 Å². The number of benzene rings is 2. The van der Waals surface area contributed by atoms with Crippen molar-refractivity contribution < 1.29 is 18.3 Å². The fourth-order valence-electron chi connectivity index (χ4n) is 3.15. The Hall–Kier alpha value is -2.83. The summed E-state index contributed by atoms with van der Waals surface area (Å²) in [6, 6.07) is 13.8. The van der Waals surface area contributed by atoms with Crippen LogP contribution in [0.25, 0.3) is 0 Å². The molecule has 0 aliphatic carbocycles. The Kier molecular flexibility index (Phi) is 6.11. The number of anilines is 2. The van der Waals surface area contributed by atoms with Gasteiger partial charge in [-0.25, -0.2) is 4.79 Å². The van der Waals surface area contributed by atoms with Crippen molar-refractivity contribution in [1.29, 1.82) is 0 Å². The second kappa shape index (κ2) is 8.70. The Morgan fingerprint density at radius 2 is 1.81 bits per heavy atom. The van der Waals surface area contributed by atoms with Crippen LogP contribution in [0, 0.1) is 0 Å². The highest BCUT2D eigenvalue weighted by atomic mass is 19.3. The maximum absolute atomic E-state index is 12.6. The van der Waals surface area contributed by atoms with Crippen LogP contribution in [0.4, 0.5) is 25.0 Å². The van der Waals surface area contributed by atoms with Crippen LogP contribution in [-0.4, -0.2) is 37.7 Å². The largest absolute Gasteiger partial charge is 0.435 e. The molecule has 0 atom stereocenters. The Bertz CT molecular complexity index is 762. The number of carbonyl (C=O) groups excluding carboxylic acids is 1. The van der Waals surface area contributed by atoms with Gasteiger partial charge in [0.25, 0.3) is 0 Å². The first-order chi connectivity index (χ1) is 13.0. The number of halogens is 2. The average molecular weight is 375 g/mol. The lowest BCUT2D eigenvalue weighted by atomic mass is 10.2. The molecule has 0 bridgehead atoms. The topological polar surface area (TPSA) is 44.8 Å². The van der Waals surface area contributed by atoms with Crippen molar-refractivity contribution in [2.75, 3.05) is 30.4 Å². The quantitative estimate of drug-likeness (QED) is 0.806. The van der Waals surface area contributed by atoms with E-state index in [1.54, 1.807) is 24.1 Å². The van der Waals surface area contributed by atoms with Crippen molar-refractivity contribution in [3.05, 3.63) is 54.1 Å². The van der Waals surface area contributed by atoms with Crippen molar-refractivity contribution in [1.82, 2.24) is 4.90 Å². The molecule has 0 spiro atoms. The number of hydrogen-bond acceptors (Lipinski definition) is 3. The van der Waals surface area contributed by atoms with E-state index >= 15 is 0 Å². The average Bonchev–Trinajstić information content (AvgIpc) is 3.18. The van der Waals surface area contributed by atoms with Crippen LogP contribution in [0.3, 0.4) is 0 Å². The lowest BCUT2D eigenvalue weighted by Gasteiger charge is -2.23. The van der Waals surface area contributed by atoms with Crippen molar-refractivity contribution >= 4 is 17.4 Å². The van der Waals surface area contributed by atoms with Crippen LogP contribution in [-0.2, 0) is 6.54 Å². The van der Waals surface area contributed by atoms with E-state index in [4.69, 9.17) is 0 Å². The molecule has 144 valence electrons. The van der Waals surface area contributed by atoms with E-state index in [2.05, 4.69) is 15.0 Å². The summed E-state index contributed by atoms with van der Waals surface area (Å²) in [4.78, 5) is 16.4. The smallest absolute Gasteiger partial charge is 0.387 e. The van der Waals surface area contributed by atoms with Gasteiger partial charge in [-0.2, -0.15) is 8.78 Å². The standard InChI is InChI=1S/C20H23F2N3O2/c1-24(14-15-8-10-16(11-9-15)27-19(21)22)20(26)23-17-6-2-3-7-18(17)25-12-4-5-13-25/h2-3,6-11,19H,4-5,12-14H2,1H3,(H,23,26). The van der Waals surface area contributed by atoms with Crippen molar-refractivity contribution in [3.8, 4) is 5.75 Å². The highest BCUT2D eigenvalue weighted by molar-refractivity contribution is 5.93. The zero-order valence-corrected chi connectivity index (χ0v) is 15.2. The van der Waals surface area contributed by atoms with Crippen LogP contribution in [0.1, 0.15) is 18.4 Å². The predicted molar refractivity (Wildman–Crippen MR) is 101 cm³/mol. The van der Waals surface area contributed by atoms with Crippen LogP contribution in [0.2, 0.25) is 0 Å². The van der Waals surface area contributed by atoms with Crippen molar-refractivity contribution in [2.24, 2.45) is 0 Å². The molecule has 5 nitrogen and oxygen atoms in total. The summed E-state index contributed by atoms with van der Waals surface area (Å²) in [5, 5.41) is 2.97. The summed E-state index contributed by atoms with van der Waals surface area (Å²) in [7, 11) is 1.69. The van der Waals surface area contributed by atoms with Crippen LogP contribution in [0.5, 0.6) is 5.75 Å². The molecule has 3 rings (SSSR count). The van der Waals surface area contributed by atoms with Crippen molar-refractivity contribution in [3.63, 3.8) is 0 Å². The second-order valence-corrected chi connectivity index (χ2v) is 6.52. The number of ether oxygens (including phenoxy) is 1. The Morgan fingerprint density at radius 3 is 2.48 bits per heavy atom. The molecular formula is C20H23F2N3O2. The van der Waals surface area contributed by atoms with E-state index in [1.807, 2.05) is 24.3 Å². The Balaban J connectivity index is 1.61. The number of rotatable bonds is 6. The summed E-state index contributed by atoms with van der Waals surface area (Å²) in [6.07, 6.45) is 2.32. The van der Waals surface area contributed by atoms with E-state index < -0.39 is 6.61 Å². The molecule has 1 N–H and O–H groups in total. The van der Waals surface area contributed by atoms with E-state index in [0.29, 0.717) is 6.54 Å². The summed E-state index contributed by atoms with van der Waals surface area (Å²) < 4.78 is 28.7. The van der Waals surface area contributed by atoms with Gasteiger partial charge in [0.2, 0.25) is 0 Å². The van der Waals surface area contributed by atoms with Crippen molar-refractivity contribution in [2.45, 2.75) is 26.0 Å². The molecule has 2 amide bonds. The van der Waals surface area contributed by atoms with Gasteiger partial charge >= 0.3 is 12.6 Å². The molecule has 7 heteroatoms. The zero-order chi connectivity index (χ0) is 19.2. The predicted octanol–water partition coefficient (Wildman–Crippen LogP) is 4.55. The van der Waals surface area contributed by atoms with Gasteiger partial charge in [0.1, 0.15) is 5.75 Å². The lowest BCUT2D eigenvalue weighted by molar-refractivity contribution is -0.0498. The summed E-state index contributed by atoms with van der Waals surface area (Å²) in [5.41, 5.74) is 2.64. The van der Waals surface area contributed by atoms with E-state index in [-0.39, 0.29) is 11.8 Å². The third kappa shape index (κ3) is 5.09. The molecule has 0 unspecified atom stereocenters. The minimum absolute atomic E-state index is 0.0976. The summed E-state index contributed by atoms with van der Waals surface area (Å²) in [5.74, 6) is 0.0976. The first-order valence-electron chi connectivity index (χ1n) is 8.93. The maximum Gasteiger partial charge on any atom is 0.387 e. The zero-order valence-electron chi connectivity index (χ0n) is 15.2. The number of nitrogens with one attached hydrogen (secondary N) is 1. The lowest BCUT2D eigenvalue weighted by Crippen LogP contribution is -2.31. The number of para-hydroxylation sites is 2. The van der Waals surface area contributed by atoms with Gasteiger partial charge in [-0.05, 0) is 42.7 Å². The minimum atomic E-state index is -2.85. The molecule has 2 aromatic rings. The molecule has 1 aliphatic heterocycles. The molecule has 1 aliphatic rings. The molecule has 1 fully saturated rings. The first kappa shape index (κ1) is 18.9. The third-order valence-electron chi connectivity index (χ3n) is 4.51.